The molecule has 0 saturated carbocycles. The van der Waals surface area contributed by atoms with Gasteiger partial charge in [0.2, 0.25) is 0 Å². The van der Waals surface area contributed by atoms with Crippen LogP contribution in [-0.4, -0.2) is 46.9 Å². The molecule has 37 heavy (non-hydrogen) atoms. The van der Waals surface area contributed by atoms with Crippen LogP contribution >= 0.6 is 27.3 Å². The van der Waals surface area contributed by atoms with Crippen LogP contribution in [0.2, 0.25) is 0 Å². The number of esters is 2. The molecular formula is C27H35BrN2O6S. The smallest absolute Gasteiger partial charge is 0.407 e. The van der Waals surface area contributed by atoms with Crippen molar-refractivity contribution in [1.82, 2.24) is 10.3 Å². The second-order valence-electron chi connectivity index (χ2n) is 9.98. The second-order valence-corrected chi connectivity index (χ2v) is 12.2. The molecule has 1 aliphatic rings. The van der Waals surface area contributed by atoms with Gasteiger partial charge < -0.3 is 19.5 Å². The highest BCUT2D eigenvalue weighted by Crippen LogP contribution is 2.19. The van der Waals surface area contributed by atoms with E-state index in [1.165, 1.54) is 11.3 Å². The molecule has 2 rings (SSSR count). The highest BCUT2D eigenvalue weighted by molar-refractivity contribution is 9.11. The highest BCUT2D eigenvalue weighted by Gasteiger charge is 2.23. The molecule has 1 aliphatic heterocycles. The Kier molecular flexibility index (Phi) is 11.9. The zero-order chi connectivity index (χ0) is 27.6. The number of rotatable bonds is 2. The Hall–Kier alpha value is -2.64. The minimum absolute atomic E-state index is 0.00286. The first-order chi connectivity index (χ1) is 17.3. The van der Waals surface area contributed by atoms with Gasteiger partial charge in [-0.25, -0.2) is 14.6 Å². The number of allylic oxidation sites excluding steroid dienone is 2. The summed E-state index contributed by atoms with van der Waals surface area (Å²) in [5.74, 6) is 4.15. The quantitative estimate of drug-likeness (QED) is 0.212. The zero-order valence-corrected chi connectivity index (χ0v) is 24.6. The summed E-state index contributed by atoms with van der Waals surface area (Å²) in [5, 5.41) is 5.53. The lowest BCUT2D eigenvalue weighted by Crippen LogP contribution is -2.41. The monoisotopic (exact) mass is 594 g/mol. The SMILES string of the molecule is C/C(Br)=C\[C@@H]1Cc2nc(cs2)CC[C@@H](NC(=O)OC(C)(C)C)CC(=O)O[C@@H](C)C/C(C)=C/C#CC(=O)O1. The first kappa shape index (κ1) is 30.6. The summed E-state index contributed by atoms with van der Waals surface area (Å²) >= 11 is 4.86. The van der Waals surface area contributed by atoms with Crippen molar-refractivity contribution in [2.45, 2.75) is 97.5 Å². The summed E-state index contributed by atoms with van der Waals surface area (Å²) in [4.78, 5) is 42.0. The molecule has 0 saturated heterocycles. The van der Waals surface area contributed by atoms with Gasteiger partial charge in [0.05, 0.1) is 17.1 Å². The van der Waals surface area contributed by atoms with Gasteiger partial charge in [0.25, 0.3) is 0 Å². The molecule has 0 radical (unpaired) electrons. The van der Waals surface area contributed by atoms with Gasteiger partial charge in [0.15, 0.2) is 0 Å². The number of hydrogen-bond donors (Lipinski definition) is 1. The van der Waals surface area contributed by atoms with Crippen LogP contribution in [0.5, 0.6) is 0 Å². The maximum absolute atomic E-state index is 12.7. The molecule has 1 N–H and O–H groups in total. The summed E-state index contributed by atoms with van der Waals surface area (Å²) in [5.41, 5.74) is 1.01. The first-order valence-corrected chi connectivity index (χ1v) is 13.8. The maximum Gasteiger partial charge on any atom is 0.407 e. The first-order valence-electron chi connectivity index (χ1n) is 12.1. The van der Waals surface area contributed by atoms with Gasteiger partial charge in [-0.1, -0.05) is 27.4 Å². The molecule has 0 unspecified atom stereocenters. The van der Waals surface area contributed by atoms with E-state index in [9.17, 15) is 14.4 Å². The van der Waals surface area contributed by atoms with Gasteiger partial charge in [-0.05, 0) is 71.0 Å². The van der Waals surface area contributed by atoms with Crippen molar-refractivity contribution in [3.63, 3.8) is 0 Å². The van der Waals surface area contributed by atoms with Gasteiger partial charge in [-0.15, -0.1) is 11.3 Å². The number of amides is 1. The van der Waals surface area contributed by atoms with E-state index in [1.54, 1.807) is 39.8 Å². The number of nitrogens with one attached hydrogen (secondary N) is 1. The normalized spacial score (nSPS) is 24.0. The molecule has 0 aliphatic carbocycles. The Labute approximate surface area is 231 Å². The summed E-state index contributed by atoms with van der Waals surface area (Å²) in [6.45, 7) is 10.8. The predicted molar refractivity (Wildman–Crippen MR) is 146 cm³/mol. The fourth-order valence-corrected chi connectivity index (χ4v) is 4.72. The van der Waals surface area contributed by atoms with Crippen molar-refractivity contribution in [1.29, 1.82) is 0 Å². The van der Waals surface area contributed by atoms with E-state index in [4.69, 9.17) is 14.2 Å². The van der Waals surface area contributed by atoms with E-state index in [1.807, 2.05) is 19.2 Å². The van der Waals surface area contributed by atoms with Gasteiger partial charge in [-0.2, -0.15) is 0 Å². The van der Waals surface area contributed by atoms with Crippen molar-refractivity contribution < 1.29 is 28.6 Å². The fraction of sp³-hybridized carbons (Fsp3) is 0.556. The largest absolute Gasteiger partial charge is 0.462 e. The second kappa shape index (κ2) is 14.3. The summed E-state index contributed by atoms with van der Waals surface area (Å²) in [6.07, 6.45) is 3.75. The molecule has 1 aromatic heterocycles. The number of ether oxygens (including phenoxy) is 3. The molecule has 0 spiro atoms. The molecule has 10 heteroatoms. The lowest BCUT2D eigenvalue weighted by molar-refractivity contribution is -0.148. The molecular weight excluding hydrogens is 560 g/mol. The van der Waals surface area contributed by atoms with Crippen LogP contribution in [0.1, 0.15) is 71.5 Å². The van der Waals surface area contributed by atoms with Crippen molar-refractivity contribution in [2.75, 3.05) is 0 Å². The van der Waals surface area contributed by atoms with Gasteiger partial charge in [0.1, 0.15) is 17.8 Å². The minimum atomic E-state index is -0.661. The van der Waals surface area contributed by atoms with Crippen molar-refractivity contribution in [2.24, 2.45) is 0 Å². The molecule has 2 bridgehead atoms. The van der Waals surface area contributed by atoms with E-state index >= 15 is 0 Å². The third-order valence-electron chi connectivity index (χ3n) is 4.97. The molecule has 0 aromatic carbocycles. The number of alkyl carbamates (subject to hydrolysis) is 1. The average Bonchev–Trinajstić information content (AvgIpc) is 3.16. The lowest BCUT2D eigenvalue weighted by atomic mass is 10.1. The number of hydrogen-bond acceptors (Lipinski definition) is 8. The van der Waals surface area contributed by atoms with E-state index in [-0.39, 0.29) is 6.42 Å². The van der Waals surface area contributed by atoms with Crippen LogP contribution in [0.3, 0.4) is 0 Å². The Morgan fingerprint density at radius 1 is 1.27 bits per heavy atom. The Morgan fingerprint density at radius 2 is 2.00 bits per heavy atom. The number of halogens is 1. The van der Waals surface area contributed by atoms with E-state index in [2.05, 4.69) is 38.1 Å². The van der Waals surface area contributed by atoms with Crippen LogP contribution < -0.4 is 5.32 Å². The number of cyclic esters (lactones) is 2. The van der Waals surface area contributed by atoms with E-state index < -0.39 is 41.9 Å². The van der Waals surface area contributed by atoms with Gasteiger partial charge >= 0.3 is 18.0 Å². The maximum atomic E-state index is 12.7. The van der Waals surface area contributed by atoms with Crippen LogP contribution in [0, 0.1) is 11.8 Å². The molecule has 1 aromatic rings. The third-order valence-corrected chi connectivity index (χ3v) is 6.15. The number of carbonyl (C=O) groups excluding carboxylic acids is 3. The zero-order valence-electron chi connectivity index (χ0n) is 22.2. The fourth-order valence-electron chi connectivity index (χ4n) is 3.55. The number of fused-ring (bicyclic) bond motifs is 2. The minimum Gasteiger partial charge on any atom is -0.462 e. The van der Waals surface area contributed by atoms with E-state index in [0.29, 0.717) is 25.7 Å². The number of nitrogens with zero attached hydrogens (tertiary/aromatic N) is 1. The molecule has 0 fully saturated rings. The molecule has 202 valence electrons. The number of aryl methyl sites for hydroxylation is 1. The lowest BCUT2D eigenvalue weighted by Gasteiger charge is -2.23. The average molecular weight is 596 g/mol. The Morgan fingerprint density at radius 3 is 2.68 bits per heavy atom. The van der Waals surface area contributed by atoms with Crippen molar-refractivity contribution >= 4 is 45.3 Å². The standard InChI is InChI=1S/C27H35BrN2O6S/c1-17-8-7-9-24(31)35-22(13-18(2)28)15-23-29-21(16-37-23)11-10-20(14-25(32)34-19(3)12-17)30-26(33)36-27(4,5)6/h8,13,16,19-20,22H,10-12,14-15H2,1-6H3,(H,30,33)/b17-8+,18-13+/t19-,20+,22+/m0/s1. The van der Waals surface area contributed by atoms with Gasteiger partial charge in [-0.3, -0.25) is 4.79 Å². The van der Waals surface area contributed by atoms with Gasteiger partial charge in [0, 0.05) is 30.2 Å². The van der Waals surface area contributed by atoms with Crippen molar-refractivity contribution in [3.8, 4) is 11.8 Å². The topological polar surface area (TPSA) is 104 Å². The molecule has 1 amide bonds. The third kappa shape index (κ3) is 12.9. The predicted octanol–water partition coefficient (Wildman–Crippen LogP) is 5.40. The number of thiazole rings is 1. The highest BCUT2D eigenvalue weighted by atomic mass is 79.9. The molecule has 2 heterocycles. The number of aromatic nitrogens is 1. The molecule has 8 nitrogen and oxygen atoms in total. The summed E-state index contributed by atoms with van der Waals surface area (Å²) < 4.78 is 17.3. The van der Waals surface area contributed by atoms with Crippen LogP contribution in [0.4, 0.5) is 4.79 Å². The number of carbonyl (C=O) groups is 3. The summed E-state index contributed by atoms with van der Waals surface area (Å²) in [7, 11) is 0. The molecule has 3 atom stereocenters. The van der Waals surface area contributed by atoms with Crippen LogP contribution in [0.15, 0.2) is 27.6 Å². The summed E-state index contributed by atoms with van der Waals surface area (Å²) in [6, 6.07) is -0.489. The van der Waals surface area contributed by atoms with Crippen LogP contribution in [-0.2, 0) is 36.6 Å². The van der Waals surface area contributed by atoms with Crippen molar-refractivity contribution in [3.05, 3.63) is 38.3 Å². The van der Waals surface area contributed by atoms with E-state index in [0.717, 1.165) is 20.8 Å². The Balaban J connectivity index is 2.28. The van der Waals surface area contributed by atoms with Crippen LogP contribution in [0.25, 0.3) is 0 Å². The Bertz CT molecular complexity index is 1090.